The molecule has 0 aliphatic rings. The van der Waals surface area contributed by atoms with Crippen molar-refractivity contribution in [3.63, 3.8) is 0 Å². The van der Waals surface area contributed by atoms with Crippen molar-refractivity contribution >= 4 is 48.9 Å². The maximum atomic E-state index is 11.9. The van der Waals surface area contributed by atoms with Gasteiger partial charge < -0.3 is 0 Å². The molecule has 7 heteroatoms. The second-order valence-corrected chi connectivity index (χ2v) is 8.26. The SMILES string of the molecule is Cc1sc(Br)cc1S(=O)(=O)NCC(C)CCl. The van der Waals surface area contributed by atoms with Crippen molar-refractivity contribution < 1.29 is 8.42 Å². The van der Waals surface area contributed by atoms with Crippen molar-refractivity contribution in [3.05, 3.63) is 14.7 Å². The van der Waals surface area contributed by atoms with Crippen molar-refractivity contribution in [1.82, 2.24) is 4.72 Å². The summed E-state index contributed by atoms with van der Waals surface area (Å²) in [6, 6.07) is 1.62. The largest absolute Gasteiger partial charge is 0.241 e. The van der Waals surface area contributed by atoms with Gasteiger partial charge in [-0.1, -0.05) is 6.92 Å². The number of rotatable bonds is 5. The van der Waals surface area contributed by atoms with Crippen LogP contribution in [-0.4, -0.2) is 20.8 Å². The maximum absolute atomic E-state index is 11.9. The summed E-state index contributed by atoms with van der Waals surface area (Å²) < 4.78 is 27.2. The summed E-state index contributed by atoms with van der Waals surface area (Å²) >= 11 is 10.3. The number of nitrogens with one attached hydrogen (secondary N) is 1. The number of sulfonamides is 1. The van der Waals surface area contributed by atoms with E-state index in [9.17, 15) is 8.42 Å². The normalized spacial score (nSPS) is 14.0. The molecule has 0 radical (unpaired) electrons. The zero-order chi connectivity index (χ0) is 12.3. The summed E-state index contributed by atoms with van der Waals surface area (Å²) in [5, 5.41) is 0. The lowest BCUT2D eigenvalue weighted by atomic mass is 10.2. The van der Waals surface area contributed by atoms with E-state index in [1.54, 1.807) is 13.0 Å². The Morgan fingerprint density at radius 3 is 2.69 bits per heavy atom. The lowest BCUT2D eigenvalue weighted by Crippen LogP contribution is -2.29. The van der Waals surface area contributed by atoms with E-state index in [0.29, 0.717) is 17.3 Å². The van der Waals surface area contributed by atoms with Gasteiger partial charge in [0.1, 0.15) is 0 Å². The molecule has 0 amide bonds. The highest BCUT2D eigenvalue weighted by Gasteiger charge is 2.19. The van der Waals surface area contributed by atoms with Crippen molar-refractivity contribution in [2.24, 2.45) is 5.92 Å². The highest BCUT2D eigenvalue weighted by Crippen LogP contribution is 2.29. The average molecular weight is 347 g/mol. The Bertz CT molecular complexity index is 458. The third-order valence-electron chi connectivity index (χ3n) is 2.02. The maximum Gasteiger partial charge on any atom is 0.241 e. The van der Waals surface area contributed by atoms with Crippen molar-refractivity contribution in [2.45, 2.75) is 18.7 Å². The highest BCUT2D eigenvalue weighted by atomic mass is 79.9. The lowest BCUT2D eigenvalue weighted by molar-refractivity contribution is 0.561. The van der Waals surface area contributed by atoms with Gasteiger partial charge in [0.25, 0.3) is 0 Å². The van der Waals surface area contributed by atoms with Gasteiger partial charge in [0.05, 0.1) is 8.68 Å². The minimum atomic E-state index is -3.40. The van der Waals surface area contributed by atoms with E-state index in [2.05, 4.69) is 20.7 Å². The molecule has 1 unspecified atom stereocenters. The average Bonchev–Trinajstić information content (AvgIpc) is 2.55. The fourth-order valence-corrected chi connectivity index (χ4v) is 4.77. The van der Waals surface area contributed by atoms with Crippen LogP contribution in [0, 0.1) is 12.8 Å². The van der Waals surface area contributed by atoms with Crippen LogP contribution in [0.2, 0.25) is 0 Å². The number of hydrogen-bond acceptors (Lipinski definition) is 3. The quantitative estimate of drug-likeness (QED) is 0.833. The van der Waals surface area contributed by atoms with E-state index in [-0.39, 0.29) is 5.92 Å². The van der Waals surface area contributed by atoms with E-state index >= 15 is 0 Å². The van der Waals surface area contributed by atoms with E-state index < -0.39 is 10.0 Å². The van der Waals surface area contributed by atoms with Crippen molar-refractivity contribution in [3.8, 4) is 0 Å². The number of alkyl halides is 1. The van der Waals surface area contributed by atoms with Gasteiger partial charge in [-0.15, -0.1) is 22.9 Å². The molecule has 0 bridgehead atoms. The van der Waals surface area contributed by atoms with Gasteiger partial charge in [-0.05, 0) is 34.8 Å². The van der Waals surface area contributed by atoms with Crippen molar-refractivity contribution in [1.29, 1.82) is 0 Å². The summed E-state index contributed by atoms with van der Waals surface area (Å²) in [5.41, 5.74) is 0. The first-order valence-corrected chi connectivity index (χ1v) is 8.31. The monoisotopic (exact) mass is 345 g/mol. The van der Waals surface area contributed by atoms with Crippen LogP contribution in [0.3, 0.4) is 0 Å². The molecule has 1 N–H and O–H groups in total. The van der Waals surface area contributed by atoms with Crippen LogP contribution in [0.25, 0.3) is 0 Å². The molecule has 0 aromatic carbocycles. The van der Waals surface area contributed by atoms with E-state index in [1.807, 2.05) is 6.92 Å². The fraction of sp³-hybridized carbons (Fsp3) is 0.556. The van der Waals surface area contributed by atoms with Gasteiger partial charge in [-0.3, -0.25) is 0 Å². The lowest BCUT2D eigenvalue weighted by Gasteiger charge is -2.09. The minimum absolute atomic E-state index is 0.124. The third-order valence-corrected chi connectivity index (χ3v) is 5.78. The molecule has 16 heavy (non-hydrogen) atoms. The summed E-state index contributed by atoms with van der Waals surface area (Å²) in [4.78, 5) is 1.11. The summed E-state index contributed by atoms with van der Waals surface area (Å²) in [6.07, 6.45) is 0. The first kappa shape index (κ1) is 14.4. The molecule has 0 saturated carbocycles. The molecular formula is C9H13BrClNO2S2. The van der Waals surface area contributed by atoms with Crippen LogP contribution >= 0.6 is 38.9 Å². The third kappa shape index (κ3) is 3.70. The molecule has 0 aliphatic carbocycles. The van der Waals surface area contributed by atoms with E-state index in [0.717, 1.165) is 8.66 Å². The molecule has 1 aromatic rings. The van der Waals surface area contributed by atoms with Crippen molar-refractivity contribution in [2.75, 3.05) is 12.4 Å². The van der Waals surface area contributed by atoms with E-state index in [4.69, 9.17) is 11.6 Å². The van der Waals surface area contributed by atoms with Gasteiger partial charge in [-0.2, -0.15) is 0 Å². The van der Waals surface area contributed by atoms with Gasteiger partial charge in [0.15, 0.2) is 0 Å². The number of aryl methyl sites for hydroxylation is 1. The first-order chi connectivity index (χ1) is 7.36. The molecule has 92 valence electrons. The topological polar surface area (TPSA) is 46.2 Å². The zero-order valence-electron chi connectivity index (χ0n) is 8.96. The van der Waals surface area contributed by atoms with Gasteiger partial charge >= 0.3 is 0 Å². The standard InChI is InChI=1S/C9H13BrClNO2S2/c1-6(4-11)5-12-16(13,14)8-3-9(10)15-7(8)2/h3,6,12H,4-5H2,1-2H3. The number of hydrogen-bond donors (Lipinski definition) is 1. The molecule has 1 rings (SSSR count). The van der Waals surface area contributed by atoms with E-state index in [1.165, 1.54) is 11.3 Å². The Morgan fingerprint density at radius 1 is 1.62 bits per heavy atom. The van der Waals surface area contributed by atoms with Crippen LogP contribution in [-0.2, 0) is 10.0 Å². The van der Waals surface area contributed by atoms with Crippen LogP contribution < -0.4 is 4.72 Å². The first-order valence-electron chi connectivity index (χ1n) is 4.68. The fourth-order valence-electron chi connectivity index (χ4n) is 1.08. The highest BCUT2D eigenvalue weighted by molar-refractivity contribution is 9.11. The summed E-state index contributed by atoms with van der Waals surface area (Å²) in [6.45, 7) is 4.04. The number of halogens is 2. The Kier molecular flexibility index (Phi) is 5.25. The Morgan fingerprint density at radius 2 is 2.25 bits per heavy atom. The molecule has 1 heterocycles. The summed E-state index contributed by atoms with van der Waals surface area (Å²) in [7, 11) is -3.40. The smallest absolute Gasteiger partial charge is 0.211 e. The second kappa shape index (κ2) is 5.82. The van der Waals surface area contributed by atoms with Crippen LogP contribution in [0.1, 0.15) is 11.8 Å². The van der Waals surface area contributed by atoms with Gasteiger partial charge in [0.2, 0.25) is 10.0 Å². The van der Waals surface area contributed by atoms with Crippen LogP contribution in [0.5, 0.6) is 0 Å². The van der Waals surface area contributed by atoms with Crippen LogP contribution in [0.4, 0.5) is 0 Å². The molecule has 0 saturated heterocycles. The van der Waals surface area contributed by atoms with Gasteiger partial charge in [-0.25, -0.2) is 13.1 Å². The van der Waals surface area contributed by atoms with Crippen LogP contribution in [0.15, 0.2) is 14.7 Å². The Balaban J connectivity index is 2.82. The number of thiophene rings is 1. The Labute approximate surface area is 113 Å². The molecular weight excluding hydrogens is 334 g/mol. The Hall–Kier alpha value is 0.380. The van der Waals surface area contributed by atoms with Gasteiger partial charge in [0, 0.05) is 17.3 Å². The molecule has 0 spiro atoms. The molecule has 1 aromatic heterocycles. The molecule has 1 atom stereocenters. The molecule has 3 nitrogen and oxygen atoms in total. The predicted octanol–water partition coefficient (Wildman–Crippen LogP) is 2.97. The molecule has 0 aliphatic heterocycles. The second-order valence-electron chi connectivity index (χ2n) is 3.58. The minimum Gasteiger partial charge on any atom is -0.211 e. The molecule has 0 fully saturated rings. The zero-order valence-corrected chi connectivity index (χ0v) is 12.9. The summed E-state index contributed by atoms with van der Waals surface area (Å²) in [5.74, 6) is 0.563. The predicted molar refractivity (Wildman–Crippen MR) is 71.8 cm³/mol.